The molecule has 0 aromatic heterocycles. The molecule has 51 heavy (non-hydrogen) atoms. The first kappa shape index (κ1) is 49.5. The van der Waals surface area contributed by atoms with Gasteiger partial charge in [-0.05, 0) is 57.8 Å². The largest absolute Gasteiger partial charge is 0.394 e. The molecule has 300 valence electrons. The summed E-state index contributed by atoms with van der Waals surface area (Å²) in [6.45, 7) is 3.97. The van der Waals surface area contributed by atoms with Gasteiger partial charge in [0.25, 0.3) is 0 Å². The van der Waals surface area contributed by atoms with Crippen LogP contribution < -0.4 is 5.32 Å². The van der Waals surface area contributed by atoms with E-state index in [-0.39, 0.29) is 0 Å². The minimum absolute atomic E-state index is 0.361. The van der Waals surface area contributed by atoms with Crippen molar-refractivity contribution in [2.24, 2.45) is 0 Å². The van der Waals surface area contributed by atoms with Crippen LogP contribution in [-0.4, -0.2) is 57.3 Å². The second-order valence-electron chi connectivity index (χ2n) is 15.0. The van der Waals surface area contributed by atoms with Gasteiger partial charge in [0.2, 0.25) is 5.91 Å². The molecule has 0 saturated heterocycles. The molecule has 0 bridgehead atoms. The highest BCUT2D eigenvalue weighted by molar-refractivity contribution is 5.80. The zero-order valence-corrected chi connectivity index (χ0v) is 33.6. The maximum atomic E-state index is 12.5. The Morgan fingerprint density at radius 2 is 0.843 bits per heavy atom. The van der Waals surface area contributed by atoms with Gasteiger partial charge in [-0.25, -0.2) is 0 Å². The van der Waals surface area contributed by atoms with Crippen LogP contribution >= 0.6 is 0 Å². The maximum absolute atomic E-state index is 12.5. The third-order valence-electron chi connectivity index (χ3n) is 10.0. The molecule has 0 radical (unpaired) electrons. The number of rotatable bonds is 39. The molecule has 5 N–H and O–H groups in total. The smallest absolute Gasteiger partial charge is 0.249 e. The summed E-state index contributed by atoms with van der Waals surface area (Å²) in [5.74, 6) is -0.599. The minimum atomic E-state index is -1.29. The zero-order valence-electron chi connectivity index (χ0n) is 33.6. The molecule has 4 atom stereocenters. The quantitative estimate of drug-likeness (QED) is 0.0321. The lowest BCUT2D eigenvalue weighted by molar-refractivity contribution is -0.132. The molecule has 0 heterocycles. The number of amides is 1. The van der Waals surface area contributed by atoms with Crippen molar-refractivity contribution in [1.29, 1.82) is 0 Å². The number of aliphatic hydroxyl groups is 4. The van der Waals surface area contributed by atoms with Crippen LogP contribution in [0.15, 0.2) is 36.5 Å². The van der Waals surface area contributed by atoms with Crippen molar-refractivity contribution in [3.63, 3.8) is 0 Å². The van der Waals surface area contributed by atoms with Gasteiger partial charge in [-0.3, -0.25) is 4.79 Å². The molecule has 0 spiro atoms. The summed E-state index contributed by atoms with van der Waals surface area (Å²) in [5.41, 5.74) is 0. The van der Waals surface area contributed by atoms with Crippen molar-refractivity contribution >= 4 is 5.91 Å². The highest BCUT2D eigenvalue weighted by Gasteiger charge is 2.28. The Labute approximate surface area is 316 Å². The average molecular weight is 720 g/mol. The molecule has 0 aliphatic carbocycles. The van der Waals surface area contributed by atoms with Crippen molar-refractivity contribution in [2.45, 2.75) is 237 Å². The lowest BCUT2D eigenvalue weighted by Gasteiger charge is -2.27. The van der Waals surface area contributed by atoms with E-state index in [1.807, 2.05) is 0 Å². The van der Waals surface area contributed by atoms with E-state index in [0.717, 1.165) is 57.8 Å². The Hall–Kier alpha value is -1.47. The lowest BCUT2D eigenvalue weighted by atomic mass is 10.00. The van der Waals surface area contributed by atoms with E-state index < -0.39 is 36.9 Å². The van der Waals surface area contributed by atoms with Gasteiger partial charge in [0, 0.05) is 0 Å². The number of aliphatic hydroxyl groups excluding tert-OH is 4. The van der Waals surface area contributed by atoms with Gasteiger partial charge in [0.1, 0.15) is 12.2 Å². The lowest BCUT2D eigenvalue weighted by Crippen LogP contribution is -2.53. The molecule has 4 unspecified atom stereocenters. The number of allylic oxidation sites excluding steroid dienone is 6. The van der Waals surface area contributed by atoms with Gasteiger partial charge in [0.05, 0.1) is 18.8 Å². The first-order chi connectivity index (χ1) is 25.0. The number of hydrogen-bond acceptors (Lipinski definition) is 5. The Morgan fingerprint density at radius 1 is 0.471 bits per heavy atom. The molecule has 0 aliphatic rings. The van der Waals surface area contributed by atoms with E-state index in [9.17, 15) is 25.2 Å². The monoisotopic (exact) mass is 720 g/mol. The molecular formula is C45H85NO5. The molecule has 0 aromatic rings. The highest BCUT2D eigenvalue weighted by atomic mass is 16.3. The molecule has 0 rings (SSSR count). The van der Waals surface area contributed by atoms with Gasteiger partial charge in [-0.2, -0.15) is 0 Å². The first-order valence-electron chi connectivity index (χ1n) is 21.9. The van der Waals surface area contributed by atoms with E-state index in [1.54, 1.807) is 0 Å². The predicted molar refractivity (Wildman–Crippen MR) is 219 cm³/mol. The van der Waals surface area contributed by atoms with E-state index in [1.165, 1.54) is 122 Å². The standard InChI is InChI=1S/C45H85NO5/c1-3-5-7-9-11-13-15-17-19-20-21-22-23-24-25-27-29-31-33-35-37-39-43(49)45(51)46-41(40-47)44(50)42(48)38-36-34-32-30-28-26-18-16-14-12-10-8-6-4-2/h8,10,16,18,30,32,41-44,47-50H,3-7,9,11-15,17,19-29,31,33-40H2,1-2H3,(H,46,51)/b10-8+,18-16+,32-30+. The van der Waals surface area contributed by atoms with E-state index in [2.05, 4.69) is 55.6 Å². The zero-order chi connectivity index (χ0) is 37.5. The molecule has 0 saturated carbocycles. The highest BCUT2D eigenvalue weighted by Crippen LogP contribution is 2.16. The van der Waals surface area contributed by atoms with Crippen LogP contribution in [0.5, 0.6) is 0 Å². The van der Waals surface area contributed by atoms with Gasteiger partial charge in [-0.1, -0.05) is 192 Å². The predicted octanol–water partition coefficient (Wildman–Crippen LogP) is 11.3. The fraction of sp³-hybridized carbons (Fsp3) is 0.844. The van der Waals surface area contributed by atoms with E-state index >= 15 is 0 Å². The van der Waals surface area contributed by atoms with Crippen LogP contribution in [0.4, 0.5) is 0 Å². The normalized spacial score (nSPS) is 14.5. The van der Waals surface area contributed by atoms with Crippen molar-refractivity contribution in [3.8, 4) is 0 Å². The van der Waals surface area contributed by atoms with Crippen LogP contribution in [0, 0.1) is 0 Å². The molecular weight excluding hydrogens is 634 g/mol. The third-order valence-corrected chi connectivity index (χ3v) is 10.0. The maximum Gasteiger partial charge on any atom is 0.249 e. The number of carbonyl (C=O) groups is 1. The summed E-state index contributed by atoms with van der Waals surface area (Å²) in [6.07, 6.45) is 46.1. The summed E-state index contributed by atoms with van der Waals surface area (Å²) in [4.78, 5) is 12.5. The number of carbonyl (C=O) groups excluding carboxylic acids is 1. The molecule has 6 heteroatoms. The summed E-state index contributed by atoms with van der Waals surface area (Å²) in [5, 5.41) is 43.6. The van der Waals surface area contributed by atoms with Gasteiger partial charge in [-0.15, -0.1) is 0 Å². The first-order valence-corrected chi connectivity index (χ1v) is 21.9. The number of unbranched alkanes of at least 4 members (excludes halogenated alkanes) is 24. The number of hydrogen-bond donors (Lipinski definition) is 5. The molecule has 1 amide bonds. The van der Waals surface area contributed by atoms with Crippen molar-refractivity contribution in [1.82, 2.24) is 5.32 Å². The second-order valence-corrected chi connectivity index (χ2v) is 15.0. The van der Waals surface area contributed by atoms with Crippen LogP contribution in [0.1, 0.15) is 213 Å². The topological polar surface area (TPSA) is 110 Å². The Kier molecular flexibility index (Phi) is 38.6. The van der Waals surface area contributed by atoms with Crippen LogP contribution in [0.25, 0.3) is 0 Å². The van der Waals surface area contributed by atoms with Crippen LogP contribution in [0.3, 0.4) is 0 Å². The van der Waals surface area contributed by atoms with E-state index in [0.29, 0.717) is 19.3 Å². The summed E-state index contributed by atoms with van der Waals surface area (Å²) >= 11 is 0. The Morgan fingerprint density at radius 3 is 1.24 bits per heavy atom. The molecule has 6 nitrogen and oxygen atoms in total. The molecule has 0 aliphatic heterocycles. The summed E-state index contributed by atoms with van der Waals surface area (Å²) in [6, 6.07) is -1.01. The molecule has 0 aromatic carbocycles. The fourth-order valence-electron chi connectivity index (χ4n) is 6.56. The van der Waals surface area contributed by atoms with Crippen molar-refractivity contribution in [2.75, 3.05) is 6.61 Å². The van der Waals surface area contributed by atoms with E-state index in [4.69, 9.17) is 0 Å². The van der Waals surface area contributed by atoms with Crippen LogP contribution in [0.2, 0.25) is 0 Å². The third kappa shape index (κ3) is 34.1. The number of nitrogens with one attached hydrogen (secondary N) is 1. The SMILES string of the molecule is CCC/C=C/CC/C=C/CC/C=C/CCCC(O)C(O)C(CO)NC(=O)C(O)CCCCCCCCCCCCCCCCCCCCCCC. The Balaban J connectivity index is 3.75. The van der Waals surface area contributed by atoms with Gasteiger partial charge in [0.15, 0.2) is 0 Å². The second kappa shape index (κ2) is 39.7. The van der Waals surface area contributed by atoms with Crippen molar-refractivity contribution < 1.29 is 25.2 Å². The fourth-order valence-corrected chi connectivity index (χ4v) is 6.56. The Bertz CT molecular complexity index is 812. The van der Waals surface area contributed by atoms with Crippen molar-refractivity contribution in [3.05, 3.63) is 36.5 Å². The van der Waals surface area contributed by atoms with Gasteiger partial charge < -0.3 is 25.7 Å². The average Bonchev–Trinajstić information content (AvgIpc) is 3.13. The summed E-state index contributed by atoms with van der Waals surface area (Å²) < 4.78 is 0. The summed E-state index contributed by atoms with van der Waals surface area (Å²) in [7, 11) is 0. The van der Waals surface area contributed by atoms with Crippen LogP contribution in [-0.2, 0) is 4.79 Å². The van der Waals surface area contributed by atoms with Gasteiger partial charge >= 0.3 is 0 Å². The minimum Gasteiger partial charge on any atom is -0.394 e. The molecule has 0 fully saturated rings.